The summed E-state index contributed by atoms with van der Waals surface area (Å²) in [4.78, 5) is 14.1. The fourth-order valence-electron chi connectivity index (χ4n) is 2.24. The van der Waals surface area contributed by atoms with Crippen LogP contribution in [0.15, 0.2) is 24.3 Å². The zero-order chi connectivity index (χ0) is 15.4. The summed E-state index contributed by atoms with van der Waals surface area (Å²) in [6.07, 6.45) is -1.04. The number of amides is 1. The Morgan fingerprint density at radius 2 is 2.19 bits per heavy atom. The highest BCUT2D eigenvalue weighted by molar-refractivity contribution is 5.81. The molecule has 0 aliphatic carbocycles. The minimum atomic E-state index is -0.685. The number of benzene rings is 1. The average Bonchev–Trinajstić information content (AvgIpc) is 2.49. The summed E-state index contributed by atoms with van der Waals surface area (Å²) < 4.78 is 23.8. The van der Waals surface area contributed by atoms with Gasteiger partial charge in [-0.2, -0.15) is 0 Å². The van der Waals surface area contributed by atoms with Crippen molar-refractivity contribution in [3.63, 3.8) is 0 Å². The van der Waals surface area contributed by atoms with E-state index in [0.717, 1.165) is 0 Å². The molecule has 3 atom stereocenters. The fraction of sp³-hybridized carbons (Fsp3) is 0.533. The molecule has 1 N–H and O–H groups in total. The standard InChI is InChI=1S/C15H20FNO4/c1-10-9-20-14(8-18)7-17(10)15(19)11(2)21-13-5-3-12(16)4-6-13/h3-6,10-11,14,18H,7-9H2,1-2H3. The molecule has 1 aromatic carbocycles. The summed E-state index contributed by atoms with van der Waals surface area (Å²) in [6.45, 7) is 4.15. The van der Waals surface area contributed by atoms with Crippen LogP contribution in [-0.4, -0.2) is 53.9 Å². The average molecular weight is 297 g/mol. The van der Waals surface area contributed by atoms with E-state index in [-0.39, 0.29) is 30.5 Å². The molecular weight excluding hydrogens is 277 g/mol. The van der Waals surface area contributed by atoms with Gasteiger partial charge in [0.05, 0.1) is 25.4 Å². The molecule has 3 unspecified atom stereocenters. The van der Waals surface area contributed by atoms with Crippen LogP contribution in [-0.2, 0) is 9.53 Å². The largest absolute Gasteiger partial charge is 0.481 e. The Labute approximate surface area is 123 Å². The summed E-state index contributed by atoms with van der Waals surface area (Å²) in [6, 6.07) is 5.47. The molecule has 1 saturated heterocycles. The molecule has 1 aliphatic heterocycles. The molecule has 1 aromatic rings. The van der Waals surface area contributed by atoms with Crippen molar-refractivity contribution in [2.75, 3.05) is 19.8 Å². The van der Waals surface area contributed by atoms with Gasteiger partial charge in [0, 0.05) is 6.54 Å². The molecular formula is C15H20FNO4. The normalized spacial score (nSPS) is 23.7. The maximum Gasteiger partial charge on any atom is 0.263 e. The quantitative estimate of drug-likeness (QED) is 0.907. The number of morpholine rings is 1. The van der Waals surface area contributed by atoms with Gasteiger partial charge in [0.25, 0.3) is 5.91 Å². The van der Waals surface area contributed by atoms with Crippen LogP contribution in [0.4, 0.5) is 4.39 Å². The van der Waals surface area contributed by atoms with Gasteiger partial charge in [-0.05, 0) is 38.1 Å². The van der Waals surface area contributed by atoms with Crippen molar-refractivity contribution in [1.29, 1.82) is 0 Å². The van der Waals surface area contributed by atoms with Gasteiger partial charge in [-0.3, -0.25) is 4.79 Å². The number of carbonyl (C=O) groups is 1. The van der Waals surface area contributed by atoms with Crippen molar-refractivity contribution < 1.29 is 23.8 Å². The number of aliphatic hydroxyl groups is 1. The van der Waals surface area contributed by atoms with Gasteiger partial charge >= 0.3 is 0 Å². The van der Waals surface area contributed by atoms with Crippen LogP contribution in [0.5, 0.6) is 5.75 Å². The summed E-state index contributed by atoms with van der Waals surface area (Å²) in [5.41, 5.74) is 0. The first kappa shape index (κ1) is 15.7. The second-order valence-electron chi connectivity index (χ2n) is 5.19. The van der Waals surface area contributed by atoms with E-state index in [9.17, 15) is 9.18 Å². The summed E-state index contributed by atoms with van der Waals surface area (Å²) in [7, 11) is 0. The number of hydrogen-bond donors (Lipinski definition) is 1. The molecule has 1 aliphatic rings. The van der Waals surface area contributed by atoms with Crippen LogP contribution >= 0.6 is 0 Å². The van der Waals surface area contributed by atoms with E-state index >= 15 is 0 Å². The summed E-state index contributed by atoms with van der Waals surface area (Å²) in [5, 5.41) is 9.15. The van der Waals surface area contributed by atoms with Crippen LogP contribution in [0.3, 0.4) is 0 Å². The second-order valence-corrected chi connectivity index (χ2v) is 5.19. The lowest BCUT2D eigenvalue weighted by Crippen LogP contribution is -2.55. The topological polar surface area (TPSA) is 59.0 Å². The van der Waals surface area contributed by atoms with Crippen molar-refractivity contribution in [3.8, 4) is 5.75 Å². The van der Waals surface area contributed by atoms with Gasteiger partial charge in [0.2, 0.25) is 0 Å². The molecule has 0 bridgehead atoms. The number of ether oxygens (including phenoxy) is 2. The number of nitrogens with zero attached hydrogens (tertiary/aromatic N) is 1. The van der Waals surface area contributed by atoms with Gasteiger partial charge in [0.1, 0.15) is 11.6 Å². The summed E-state index contributed by atoms with van der Waals surface area (Å²) >= 11 is 0. The third kappa shape index (κ3) is 3.92. The maximum atomic E-state index is 12.8. The minimum Gasteiger partial charge on any atom is -0.481 e. The molecule has 1 heterocycles. The highest BCUT2D eigenvalue weighted by Gasteiger charge is 2.32. The molecule has 6 heteroatoms. The van der Waals surface area contributed by atoms with Crippen LogP contribution in [0.25, 0.3) is 0 Å². The number of carbonyl (C=O) groups excluding carboxylic acids is 1. The molecule has 2 rings (SSSR count). The molecule has 0 saturated carbocycles. The van der Waals surface area contributed by atoms with Crippen molar-refractivity contribution in [3.05, 3.63) is 30.1 Å². The molecule has 0 spiro atoms. The molecule has 116 valence electrons. The smallest absolute Gasteiger partial charge is 0.263 e. The minimum absolute atomic E-state index is 0.0698. The maximum absolute atomic E-state index is 12.8. The molecule has 0 radical (unpaired) electrons. The zero-order valence-electron chi connectivity index (χ0n) is 12.2. The molecule has 5 nitrogen and oxygen atoms in total. The van der Waals surface area contributed by atoms with E-state index in [1.807, 2.05) is 6.92 Å². The molecule has 1 amide bonds. The lowest BCUT2D eigenvalue weighted by molar-refractivity contribution is -0.152. The van der Waals surface area contributed by atoms with E-state index in [1.54, 1.807) is 11.8 Å². The fourth-order valence-corrected chi connectivity index (χ4v) is 2.24. The van der Waals surface area contributed by atoms with Crippen LogP contribution in [0, 0.1) is 5.82 Å². The third-order valence-electron chi connectivity index (χ3n) is 3.47. The van der Waals surface area contributed by atoms with E-state index in [1.165, 1.54) is 24.3 Å². The van der Waals surface area contributed by atoms with Gasteiger partial charge < -0.3 is 19.5 Å². The van der Waals surface area contributed by atoms with Crippen LogP contribution < -0.4 is 4.74 Å². The van der Waals surface area contributed by atoms with E-state index in [4.69, 9.17) is 14.6 Å². The SMILES string of the molecule is CC(Oc1ccc(F)cc1)C(=O)N1CC(CO)OCC1C. The van der Waals surface area contributed by atoms with Gasteiger partial charge in [0.15, 0.2) is 6.10 Å². The Bertz CT molecular complexity index is 479. The number of hydrogen-bond acceptors (Lipinski definition) is 4. The van der Waals surface area contributed by atoms with Gasteiger partial charge in [-0.1, -0.05) is 0 Å². The van der Waals surface area contributed by atoms with Crippen LogP contribution in [0.2, 0.25) is 0 Å². The Kier molecular flexibility index (Phi) is 5.14. The van der Waals surface area contributed by atoms with Crippen molar-refractivity contribution in [2.24, 2.45) is 0 Å². The first-order chi connectivity index (χ1) is 10.0. The van der Waals surface area contributed by atoms with Gasteiger partial charge in [-0.15, -0.1) is 0 Å². The van der Waals surface area contributed by atoms with E-state index in [0.29, 0.717) is 18.9 Å². The zero-order valence-corrected chi connectivity index (χ0v) is 12.2. The molecule has 0 aromatic heterocycles. The lowest BCUT2D eigenvalue weighted by Gasteiger charge is -2.38. The molecule has 21 heavy (non-hydrogen) atoms. The van der Waals surface area contributed by atoms with Crippen molar-refractivity contribution >= 4 is 5.91 Å². The Balaban J connectivity index is 1.99. The Hall–Kier alpha value is -1.66. The van der Waals surface area contributed by atoms with Crippen molar-refractivity contribution in [1.82, 2.24) is 4.90 Å². The predicted octanol–water partition coefficient (Wildman–Crippen LogP) is 1.20. The van der Waals surface area contributed by atoms with Crippen molar-refractivity contribution in [2.45, 2.75) is 32.1 Å². The highest BCUT2D eigenvalue weighted by atomic mass is 19.1. The Morgan fingerprint density at radius 1 is 1.52 bits per heavy atom. The molecule has 1 fully saturated rings. The number of halogens is 1. The second kappa shape index (κ2) is 6.87. The monoisotopic (exact) mass is 297 g/mol. The van der Waals surface area contributed by atoms with E-state index < -0.39 is 6.10 Å². The van der Waals surface area contributed by atoms with Crippen LogP contribution in [0.1, 0.15) is 13.8 Å². The van der Waals surface area contributed by atoms with E-state index in [2.05, 4.69) is 0 Å². The third-order valence-corrected chi connectivity index (χ3v) is 3.47. The lowest BCUT2D eigenvalue weighted by atomic mass is 10.1. The predicted molar refractivity (Wildman–Crippen MR) is 74.5 cm³/mol. The first-order valence-corrected chi connectivity index (χ1v) is 6.96. The highest BCUT2D eigenvalue weighted by Crippen LogP contribution is 2.17. The van der Waals surface area contributed by atoms with Gasteiger partial charge in [-0.25, -0.2) is 4.39 Å². The number of aliphatic hydroxyl groups excluding tert-OH is 1. The Morgan fingerprint density at radius 3 is 2.81 bits per heavy atom. The first-order valence-electron chi connectivity index (χ1n) is 6.96. The number of rotatable bonds is 4. The summed E-state index contributed by atoms with van der Waals surface area (Å²) in [5.74, 6) is -0.0839.